The average molecular weight is 308 g/mol. The summed E-state index contributed by atoms with van der Waals surface area (Å²) in [5.74, 6) is -0.111. The number of benzene rings is 2. The number of aromatic hydroxyl groups is 2. The predicted octanol–water partition coefficient (Wildman–Crippen LogP) is 3.24. The lowest BCUT2D eigenvalue weighted by molar-refractivity contribution is 0.342. The Balaban J connectivity index is 0.00000220. The van der Waals surface area contributed by atoms with Crippen molar-refractivity contribution in [3.8, 4) is 11.5 Å². The first-order valence-electron chi connectivity index (χ1n) is 6.88. The van der Waals surface area contributed by atoms with E-state index in [4.69, 9.17) is 0 Å². The van der Waals surface area contributed by atoms with E-state index >= 15 is 0 Å². The summed E-state index contributed by atoms with van der Waals surface area (Å²) < 4.78 is 0. The van der Waals surface area contributed by atoms with Gasteiger partial charge in [-0.05, 0) is 43.1 Å². The number of hydrogen-bond donors (Lipinski definition) is 2. The molecular weight excluding hydrogens is 286 g/mol. The van der Waals surface area contributed by atoms with Crippen LogP contribution in [0.3, 0.4) is 0 Å². The highest BCUT2D eigenvalue weighted by Gasteiger charge is 2.03. The van der Waals surface area contributed by atoms with Crippen LogP contribution in [0, 0.1) is 0 Å². The van der Waals surface area contributed by atoms with Gasteiger partial charge in [0.25, 0.3) is 0 Å². The molecule has 0 aromatic heterocycles. The molecule has 114 valence electrons. The average Bonchev–Trinajstić information content (AvgIpc) is 2.47. The van der Waals surface area contributed by atoms with Crippen molar-refractivity contribution in [1.29, 1.82) is 0 Å². The molecule has 0 aliphatic carbocycles. The number of halogens is 1. The predicted molar refractivity (Wildman–Crippen MR) is 88.4 cm³/mol. The minimum atomic E-state index is -0.0637. The molecule has 0 saturated heterocycles. The van der Waals surface area contributed by atoms with E-state index in [1.807, 2.05) is 12.1 Å². The summed E-state index contributed by atoms with van der Waals surface area (Å²) in [7, 11) is 2.10. The number of likely N-dealkylation sites (N-methyl/N-ethyl adjacent to an activating group) is 1. The fourth-order valence-electron chi connectivity index (χ4n) is 2.12. The lowest BCUT2D eigenvalue weighted by atomic mass is 10.1. The monoisotopic (exact) mass is 307 g/mol. The van der Waals surface area contributed by atoms with E-state index in [0.29, 0.717) is 0 Å². The van der Waals surface area contributed by atoms with E-state index in [0.717, 1.165) is 31.5 Å². The molecule has 3 nitrogen and oxygen atoms in total. The molecule has 0 heterocycles. The number of phenolic OH excluding ortho intramolecular Hbond substituents is 2. The molecule has 0 aliphatic rings. The highest BCUT2D eigenvalue weighted by molar-refractivity contribution is 5.85. The van der Waals surface area contributed by atoms with Crippen LogP contribution >= 0.6 is 12.4 Å². The third-order valence-corrected chi connectivity index (χ3v) is 3.45. The Morgan fingerprint density at radius 2 is 1.43 bits per heavy atom. The van der Waals surface area contributed by atoms with Crippen molar-refractivity contribution in [3.05, 3.63) is 59.7 Å². The SMILES string of the molecule is CN(CCc1ccccc1)CCc1ccc(O)c(O)c1.Cl. The molecule has 0 fully saturated rings. The molecule has 2 N–H and O–H groups in total. The molecule has 0 bridgehead atoms. The van der Waals surface area contributed by atoms with Gasteiger partial charge in [-0.1, -0.05) is 36.4 Å². The quantitative estimate of drug-likeness (QED) is 0.805. The van der Waals surface area contributed by atoms with E-state index < -0.39 is 0 Å². The topological polar surface area (TPSA) is 43.7 Å². The standard InChI is InChI=1S/C17H21NO2.ClH/c1-18(11-9-14-5-3-2-4-6-14)12-10-15-7-8-16(19)17(20)13-15;/h2-8,13,19-20H,9-12H2,1H3;1H. The molecule has 2 aromatic rings. The first-order valence-corrected chi connectivity index (χ1v) is 6.88. The first-order chi connectivity index (χ1) is 9.65. The van der Waals surface area contributed by atoms with Gasteiger partial charge in [-0.15, -0.1) is 12.4 Å². The normalized spacial score (nSPS) is 10.4. The molecule has 21 heavy (non-hydrogen) atoms. The minimum Gasteiger partial charge on any atom is -0.504 e. The number of phenols is 2. The summed E-state index contributed by atoms with van der Waals surface area (Å²) >= 11 is 0. The van der Waals surface area contributed by atoms with E-state index in [2.05, 4.69) is 36.2 Å². The van der Waals surface area contributed by atoms with E-state index in [9.17, 15) is 10.2 Å². The first kappa shape index (κ1) is 17.3. The highest BCUT2D eigenvalue weighted by Crippen LogP contribution is 2.24. The van der Waals surface area contributed by atoms with Crippen molar-refractivity contribution in [2.24, 2.45) is 0 Å². The fraction of sp³-hybridized carbons (Fsp3) is 0.294. The fourth-order valence-corrected chi connectivity index (χ4v) is 2.12. The van der Waals surface area contributed by atoms with Gasteiger partial charge in [-0.2, -0.15) is 0 Å². The Bertz CT molecular complexity index is 546. The maximum Gasteiger partial charge on any atom is 0.157 e. The van der Waals surface area contributed by atoms with Crippen molar-refractivity contribution in [3.63, 3.8) is 0 Å². The van der Waals surface area contributed by atoms with Crippen LogP contribution in [-0.2, 0) is 12.8 Å². The summed E-state index contributed by atoms with van der Waals surface area (Å²) in [5, 5.41) is 18.7. The summed E-state index contributed by atoms with van der Waals surface area (Å²) in [4.78, 5) is 2.27. The second kappa shape index (κ2) is 8.55. The molecule has 2 rings (SSSR count). The molecule has 0 radical (unpaired) electrons. The Morgan fingerprint density at radius 3 is 2.05 bits per heavy atom. The van der Waals surface area contributed by atoms with Gasteiger partial charge in [0.1, 0.15) is 0 Å². The Hall–Kier alpha value is -1.71. The van der Waals surface area contributed by atoms with Crippen LogP contribution in [0.25, 0.3) is 0 Å². The maximum absolute atomic E-state index is 9.45. The zero-order valence-corrected chi connectivity index (χ0v) is 13.0. The Labute approximate surface area is 132 Å². The number of rotatable bonds is 6. The van der Waals surface area contributed by atoms with Crippen LogP contribution in [0.2, 0.25) is 0 Å². The maximum atomic E-state index is 9.45. The lowest BCUT2D eigenvalue weighted by Gasteiger charge is -2.16. The summed E-state index contributed by atoms with van der Waals surface area (Å²) in [6.07, 6.45) is 1.90. The molecule has 4 heteroatoms. The van der Waals surface area contributed by atoms with E-state index in [1.165, 1.54) is 11.6 Å². The van der Waals surface area contributed by atoms with Crippen molar-refractivity contribution in [2.45, 2.75) is 12.8 Å². The Morgan fingerprint density at radius 1 is 0.810 bits per heavy atom. The van der Waals surface area contributed by atoms with Gasteiger partial charge in [-0.25, -0.2) is 0 Å². The largest absolute Gasteiger partial charge is 0.504 e. The van der Waals surface area contributed by atoms with Crippen molar-refractivity contribution >= 4 is 12.4 Å². The van der Waals surface area contributed by atoms with Gasteiger partial charge < -0.3 is 15.1 Å². The lowest BCUT2D eigenvalue weighted by Crippen LogP contribution is -2.23. The van der Waals surface area contributed by atoms with Crippen molar-refractivity contribution in [2.75, 3.05) is 20.1 Å². The van der Waals surface area contributed by atoms with Crippen LogP contribution in [-0.4, -0.2) is 35.3 Å². The minimum absolute atomic E-state index is 0. The van der Waals surface area contributed by atoms with Crippen molar-refractivity contribution in [1.82, 2.24) is 4.90 Å². The van der Waals surface area contributed by atoms with Crippen LogP contribution in [0.4, 0.5) is 0 Å². The van der Waals surface area contributed by atoms with Gasteiger partial charge in [0.05, 0.1) is 0 Å². The number of nitrogens with zero attached hydrogens (tertiary/aromatic N) is 1. The van der Waals surface area contributed by atoms with Crippen LogP contribution in [0.1, 0.15) is 11.1 Å². The van der Waals surface area contributed by atoms with Gasteiger partial charge in [0.2, 0.25) is 0 Å². The van der Waals surface area contributed by atoms with Gasteiger partial charge >= 0.3 is 0 Å². The molecule has 0 unspecified atom stereocenters. The van der Waals surface area contributed by atoms with Crippen LogP contribution in [0.15, 0.2) is 48.5 Å². The summed E-state index contributed by atoms with van der Waals surface area (Å²) in [6.45, 7) is 1.94. The van der Waals surface area contributed by atoms with Gasteiger partial charge in [-0.3, -0.25) is 0 Å². The van der Waals surface area contributed by atoms with Gasteiger partial charge in [0, 0.05) is 13.1 Å². The molecule has 0 amide bonds. The molecule has 0 spiro atoms. The summed E-state index contributed by atoms with van der Waals surface area (Å²) in [5.41, 5.74) is 2.38. The Kier molecular flexibility index (Phi) is 7.06. The molecular formula is C17H22ClNO2. The third kappa shape index (κ3) is 5.66. The van der Waals surface area contributed by atoms with E-state index in [-0.39, 0.29) is 23.9 Å². The zero-order valence-electron chi connectivity index (χ0n) is 12.2. The third-order valence-electron chi connectivity index (χ3n) is 3.45. The second-order valence-corrected chi connectivity index (χ2v) is 5.11. The second-order valence-electron chi connectivity index (χ2n) is 5.11. The van der Waals surface area contributed by atoms with Gasteiger partial charge in [0.15, 0.2) is 11.5 Å². The summed E-state index contributed by atoms with van der Waals surface area (Å²) in [6, 6.07) is 15.5. The molecule has 2 aromatic carbocycles. The smallest absolute Gasteiger partial charge is 0.157 e. The zero-order chi connectivity index (χ0) is 14.4. The molecule has 0 aliphatic heterocycles. The highest BCUT2D eigenvalue weighted by atomic mass is 35.5. The molecule has 0 atom stereocenters. The van der Waals surface area contributed by atoms with Crippen molar-refractivity contribution < 1.29 is 10.2 Å². The molecule has 0 saturated carbocycles. The number of hydrogen-bond acceptors (Lipinski definition) is 3. The van der Waals surface area contributed by atoms with Crippen LogP contribution < -0.4 is 0 Å². The van der Waals surface area contributed by atoms with E-state index in [1.54, 1.807) is 6.07 Å². The van der Waals surface area contributed by atoms with Crippen LogP contribution in [0.5, 0.6) is 11.5 Å².